The molecule has 14 heavy (non-hydrogen) atoms. The SMILES string of the molecule is CCCn1nnnc1CNC(C)(C)C. The third-order valence-corrected chi connectivity index (χ3v) is 1.82. The van der Waals surface area contributed by atoms with Gasteiger partial charge in [0, 0.05) is 12.1 Å². The average Bonchev–Trinajstić information content (AvgIpc) is 2.48. The normalized spacial score (nSPS) is 12.0. The van der Waals surface area contributed by atoms with Gasteiger partial charge < -0.3 is 5.32 Å². The summed E-state index contributed by atoms with van der Waals surface area (Å²) in [6.45, 7) is 10.1. The van der Waals surface area contributed by atoms with Gasteiger partial charge in [-0.1, -0.05) is 6.92 Å². The molecule has 0 bridgehead atoms. The van der Waals surface area contributed by atoms with Crippen molar-refractivity contribution >= 4 is 0 Å². The molecule has 0 aliphatic rings. The van der Waals surface area contributed by atoms with Crippen molar-refractivity contribution in [2.24, 2.45) is 0 Å². The number of rotatable bonds is 4. The number of hydrogen-bond acceptors (Lipinski definition) is 4. The van der Waals surface area contributed by atoms with Crippen molar-refractivity contribution in [2.75, 3.05) is 0 Å². The van der Waals surface area contributed by atoms with Crippen LogP contribution in [-0.2, 0) is 13.1 Å². The van der Waals surface area contributed by atoms with Crippen molar-refractivity contribution in [3.05, 3.63) is 5.82 Å². The summed E-state index contributed by atoms with van der Waals surface area (Å²) < 4.78 is 1.85. The molecular formula is C9H19N5. The third-order valence-electron chi connectivity index (χ3n) is 1.82. The molecule has 0 atom stereocenters. The van der Waals surface area contributed by atoms with E-state index in [1.807, 2.05) is 4.68 Å². The number of aryl methyl sites for hydroxylation is 1. The van der Waals surface area contributed by atoms with E-state index in [2.05, 4.69) is 48.5 Å². The monoisotopic (exact) mass is 197 g/mol. The van der Waals surface area contributed by atoms with Crippen LogP contribution in [0.5, 0.6) is 0 Å². The van der Waals surface area contributed by atoms with Crippen LogP contribution in [0, 0.1) is 0 Å². The quantitative estimate of drug-likeness (QED) is 0.781. The summed E-state index contributed by atoms with van der Waals surface area (Å²) in [5, 5.41) is 14.9. The Morgan fingerprint density at radius 1 is 1.36 bits per heavy atom. The standard InChI is InChI=1S/C9H19N5/c1-5-6-14-8(11-12-13-14)7-10-9(2,3)4/h10H,5-7H2,1-4H3. The maximum absolute atomic E-state index is 3.98. The van der Waals surface area contributed by atoms with Crippen LogP contribution >= 0.6 is 0 Å². The van der Waals surface area contributed by atoms with Gasteiger partial charge in [0.2, 0.25) is 0 Å². The molecular weight excluding hydrogens is 178 g/mol. The largest absolute Gasteiger partial charge is 0.305 e. The highest BCUT2D eigenvalue weighted by Gasteiger charge is 2.11. The lowest BCUT2D eigenvalue weighted by molar-refractivity contribution is 0.407. The van der Waals surface area contributed by atoms with E-state index < -0.39 is 0 Å². The lowest BCUT2D eigenvalue weighted by Gasteiger charge is -2.19. The minimum Gasteiger partial charge on any atom is -0.305 e. The highest BCUT2D eigenvalue weighted by atomic mass is 15.5. The van der Waals surface area contributed by atoms with Crippen LogP contribution in [0.25, 0.3) is 0 Å². The molecule has 0 aliphatic heterocycles. The van der Waals surface area contributed by atoms with E-state index in [0.717, 1.165) is 25.3 Å². The molecule has 1 aromatic heterocycles. The topological polar surface area (TPSA) is 55.6 Å². The van der Waals surface area contributed by atoms with Crippen molar-refractivity contribution in [1.29, 1.82) is 0 Å². The van der Waals surface area contributed by atoms with Crippen LogP contribution in [0.15, 0.2) is 0 Å². The second-order valence-corrected chi connectivity index (χ2v) is 4.42. The predicted molar refractivity (Wildman–Crippen MR) is 54.7 cm³/mol. The molecule has 0 aliphatic carbocycles. The van der Waals surface area contributed by atoms with Crippen molar-refractivity contribution in [1.82, 2.24) is 25.5 Å². The van der Waals surface area contributed by atoms with Crippen LogP contribution in [0.2, 0.25) is 0 Å². The van der Waals surface area contributed by atoms with Crippen LogP contribution < -0.4 is 5.32 Å². The smallest absolute Gasteiger partial charge is 0.165 e. The van der Waals surface area contributed by atoms with Crippen LogP contribution in [0.1, 0.15) is 39.9 Å². The Hall–Kier alpha value is -0.970. The lowest BCUT2D eigenvalue weighted by atomic mass is 10.1. The molecule has 0 radical (unpaired) electrons. The zero-order valence-electron chi connectivity index (χ0n) is 9.41. The molecule has 1 aromatic rings. The fraction of sp³-hybridized carbons (Fsp3) is 0.889. The lowest BCUT2D eigenvalue weighted by Crippen LogP contribution is -2.36. The second kappa shape index (κ2) is 4.50. The van der Waals surface area contributed by atoms with Crippen molar-refractivity contribution < 1.29 is 0 Å². The van der Waals surface area contributed by atoms with Gasteiger partial charge in [0.05, 0.1) is 6.54 Å². The molecule has 0 aromatic carbocycles. The molecule has 0 fully saturated rings. The molecule has 0 saturated carbocycles. The van der Waals surface area contributed by atoms with Gasteiger partial charge in [-0.25, -0.2) is 4.68 Å². The molecule has 80 valence electrons. The van der Waals surface area contributed by atoms with Crippen LogP contribution in [0.4, 0.5) is 0 Å². The first-order chi connectivity index (χ1) is 6.53. The fourth-order valence-corrected chi connectivity index (χ4v) is 1.08. The molecule has 1 heterocycles. The highest BCUT2D eigenvalue weighted by molar-refractivity contribution is 4.83. The molecule has 0 amide bonds. The van der Waals surface area contributed by atoms with Gasteiger partial charge >= 0.3 is 0 Å². The van der Waals surface area contributed by atoms with Gasteiger partial charge in [-0.15, -0.1) is 5.10 Å². The third kappa shape index (κ3) is 3.41. The maximum atomic E-state index is 3.98. The second-order valence-electron chi connectivity index (χ2n) is 4.42. The van der Waals surface area contributed by atoms with Crippen LogP contribution in [0.3, 0.4) is 0 Å². The maximum Gasteiger partial charge on any atom is 0.165 e. The molecule has 0 spiro atoms. The van der Waals surface area contributed by atoms with E-state index in [4.69, 9.17) is 0 Å². The summed E-state index contributed by atoms with van der Waals surface area (Å²) >= 11 is 0. The van der Waals surface area contributed by atoms with Crippen molar-refractivity contribution in [2.45, 2.75) is 52.7 Å². The number of nitrogens with zero attached hydrogens (tertiary/aromatic N) is 4. The minimum absolute atomic E-state index is 0.100. The summed E-state index contributed by atoms with van der Waals surface area (Å²) in [5.41, 5.74) is 0.100. The van der Waals surface area contributed by atoms with Gasteiger partial charge in [-0.2, -0.15) is 0 Å². The first-order valence-electron chi connectivity index (χ1n) is 5.03. The average molecular weight is 197 g/mol. The Kier molecular flexibility index (Phi) is 3.57. The summed E-state index contributed by atoms with van der Waals surface area (Å²) in [6.07, 6.45) is 1.05. The summed E-state index contributed by atoms with van der Waals surface area (Å²) in [6, 6.07) is 0. The highest BCUT2D eigenvalue weighted by Crippen LogP contribution is 2.01. The Labute approximate surface area is 84.9 Å². The zero-order valence-corrected chi connectivity index (χ0v) is 9.41. The van der Waals surface area contributed by atoms with E-state index in [1.165, 1.54) is 0 Å². The van der Waals surface area contributed by atoms with E-state index in [0.29, 0.717) is 0 Å². The Bertz CT molecular complexity index is 273. The Morgan fingerprint density at radius 2 is 2.07 bits per heavy atom. The first-order valence-corrected chi connectivity index (χ1v) is 5.03. The van der Waals surface area contributed by atoms with Gasteiger partial charge in [0.1, 0.15) is 0 Å². The van der Waals surface area contributed by atoms with E-state index in [1.54, 1.807) is 0 Å². The first kappa shape index (κ1) is 11.1. The molecule has 0 saturated heterocycles. The van der Waals surface area contributed by atoms with E-state index in [9.17, 15) is 0 Å². The number of aromatic nitrogens is 4. The summed E-state index contributed by atoms with van der Waals surface area (Å²) in [7, 11) is 0. The van der Waals surface area contributed by atoms with Crippen LogP contribution in [-0.4, -0.2) is 25.7 Å². The van der Waals surface area contributed by atoms with Gasteiger partial charge in [-0.05, 0) is 37.6 Å². The van der Waals surface area contributed by atoms with Gasteiger partial charge in [0.25, 0.3) is 0 Å². The molecule has 0 unspecified atom stereocenters. The number of tetrazole rings is 1. The van der Waals surface area contributed by atoms with Crippen molar-refractivity contribution in [3.8, 4) is 0 Å². The van der Waals surface area contributed by atoms with Gasteiger partial charge in [-0.3, -0.25) is 0 Å². The zero-order chi connectivity index (χ0) is 10.6. The molecule has 5 heteroatoms. The minimum atomic E-state index is 0.100. The van der Waals surface area contributed by atoms with Crippen molar-refractivity contribution in [3.63, 3.8) is 0 Å². The Balaban J connectivity index is 2.53. The summed E-state index contributed by atoms with van der Waals surface area (Å²) in [4.78, 5) is 0. The fourth-order valence-electron chi connectivity index (χ4n) is 1.08. The molecule has 1 rings (SSSR count). The molecule has 5 nitrogen and oxygen atoms in total. The number of hydrogen-bond donors (Lipinski definition) is 1. The van der Waals surface area contributed by atoms with E-state index >= 15 is 0 Å². The van der Waals surface area contributed by atoms with E-state index in [-0.39, 0.29) is 5.54 Å². The summed E-state index contributed by atoms with van der Waals surface area (Å²) in [5.74, 6) is 0.904. The number of nitrogens with one attached hydrogen (secondary N) is 1. The predicted octanol–water partition coefficient (Wildman–Crippen LogP) is 0.971. The molecule has 1 N–H and O–H groups in total. The Morgan fingerprint density at radius 3 is 2.64 bits per heavy atom. The van der Waals surface area contributed by atoms with Gasteiger partial charge in [0.15, 0.2) is 5.82 Å².